The van der Waals surface area contributed by atoms with Crippen molar-refractivity contribution < 1.29 is 27.5 Å². The quantitative estimate of drug-likeness (QED) is 0.254. The minimum Gasteiger partial charge on any atom is -0.464 e. The molecule has 8 nitrogen and oxygen atoms in total. The number of carbonyl (C=O) groups is 2. The van der Waals surface area contributed by atoms with E-state index >= 15 is 0 Å². The molecule has 0 aliphatic rings. The Hall–Kier alpha value is -3.37. The molecular weight excluding hydrogens is 484 g/mol. The van der Waals surface area contributed by atoms with Crippen LogP contribution in [0.15, 0.2) is 66.5 Å². The second kappa shape index (κ2) is 10.9. The number of benzene rings is 2. The first-order chi connectivity index (χ1) is 16.5. The third kappa shape index (κ3) is 7.30. The van der Waals surface area contributed by atoms with Crippen molar-refractivity contribution in [2.24, 2.45) is 0 Å². The third-order valence-corrected chi connectivity index (χ3v) is 9.00. The standard InChI is InChI=1S/C25H30N2O6SSi/c1-32-24(28)22(26-25(29)33-18-19-8-6-5-7-9-19)17-20-10-11-23-21(16-20)12-13-27(23)34(30,31)14-15-35(2,3)4/h5-13,16-17H,14-15,18H2,1-4H3,(H,26,29)/b22-17-. The number of aromatic nitrogens is 1. The number of hydrogen-bond donors (Lipinski definition) is 1. The molecule has 1 N–H and O–H groups in total. The van der Waals surface area contributed by atoms with Crippen molar-refractivity contribution in [2.75, 3.05) is 12.9 Å². The Morgan fingerprint density at radius 3 is 2.43 bits per heavy atom. The minimum absolute atomic E-state index is 0.0484. The fraction of sp³-hybridized carbons (Fsp3) is 0.280. The molecule has 0 aliphatic carbocycles. The number of fused-ring (bicyclic) bond motifs is 1. The number of amides is 1. The summed E-state index contributed by atoms with van der Waals surface area (Å²) in [4.78, 5) is 24.5. The summed E-state index contributed by atoms with van der Waals surface area (Å²) in [5, 5.41) is 3.11. The van der Waals surface area contributed by atoms with Crippen molar-refractivity contribution in [2.45, 2.75) is 32.3 Å². The smallest absolute Gasteiger partial charge is 0.412 e. The van der Waals surface area contributed by atoms with Crippen LogP contribution in [-0.2, 0) is 30.9 Å². The summed E-state index contributed by atoms with van der Waals surface area (Å²) in [5.74, 6) is -0.649. The molecular formula is C25H30N2O6SSi. The lowest BCUT2D eigenvalue weighted by Crippen LogP contribution is -2.28. The van der Waals surface area contributed by atoms with Crippen LogP contribution in [0.1, 0.15) is 11.1 Å². The van der Waals surface area contributed by atoms with Crippen LogP contribution in [0.5, 0.6) is 0 Å². The minimum atomic E-state index is -3.49. The topological polar surface area (TPSA) is 104 Å². The van der Waals surface area contributed by atoms with Gasteiger partial charge in [-0.3, -0.25) is 5.32 Å². The van der Waals surface area contributed by atoms with E-state index in [-0.39, 0.29) is 18.1 Å². The van der Waals surface area contributed by atoms with E-state index in [2.05, 4.69) is 25.0 Å². The van der Waals surface area contributed by atoms with E-state index in [0.717, 1.165) is 5.56 Å². The number of ether oxygens (including phenoxy) is 2. The Morgan fingerprint density at radius 2 is 1.77 bits per heavy atom. The van der Waals surface area contributed by atoms with E-state index in [0.29, 0.717) is 22.5 Å². The fourth-order valence-corrected chi connectivity index (χ4v) is 7.68. The normalized spacial score (nSPS) is 12.4. The summed E-state index contributed by atoms with van der Waals surface area (Å²) in [7, 11) is -3.79. The van der Waals surface area contributed by atoms with Crippen molar-refractivity contribution in [3.8, 4) is 0 Å². The highest BCUT2D eigenvalue weighted by molar-refractivity contribution is 7.90. The van der Waals surface area contributed by atoms with Gasteiger partial charge >= 0.3 is 12.1 Å². The largest absolute Gasteiger partial charge is 0.464 e. The number of carbonyl (C=O) groups excluding carboxylic acids is 2. The van der Waals surface area contributed by atoms with E-state index in [1.54, 1.807) is 24.3 Å². The molecule has 0 spiro atoms. The lowest BCUT2D eigenvalue weighted by molar-refractivity contribution is -0.136. The van der Waals surface area contributed by atoms with Crippen molar-refractivity contribution >= 4 is 47.1 Å². The molecule has 3 aromatic rings. The lowest BCUT2D eigenvalue weighted by Gasteiger charge is -2.16. The van der Waals surface area contributed by atoms with Gasteiger partial charge in [-0.15, -0.1) is 0 Å². The summed E-state index contributed by atoms with van der Waals surface area (Å²) in [6.07, 6.45) is 2.19. The molecule has 0 aliphatic heterocycles. The van der Waals surface area contributed by atoms with Gasteiger partial charge in [0.1, 0.15) is 12.3 Å². The highest BCUT2D eigenvalue weighted by Crippen LogP contribution is 2.22. The lowest BCUT2D eigenvalue weighted by atomic mass is 10.1. The van der Waals surface area contributed by atoms with Gasteiger partial charge < -0.3 is 9.47 Å². The molecule has 0 bridgehead atoms. The maximum Gasteiger partial charge on any atom is 0.412 e. The average Bonchev–Trinajstić information content (AvgIpc) is 3.25. The highest BCUT2D eigenvalue weighted by Gasteiger charge is 2.22. The number of rotatable bonds is 9. The van der Waals surface area contributed by atoms with Gasteiger partial charge in [-0.1, -0.05) is 56.0 Å². The Kier molecular flexibility index (Phi) is 8.18. The van der Waals surface area contributed by atoms with Crippen LogP contribution in [0.4, 0.5) is 4.79 Å². The van der Waals surface area contributed by atoms with Crippen LogP contribution in [-0.4, -0.2) is 45.4 Å². The zero-order chi connectivity index (χ0) is 25.6. The second-order valence-corrected chi connectivity index (χ2v) is 16.9. The summed E-state index contributed by atoms with van der Waals surface area (Å²) in [6.45, 7) is 6.46. The summed E-state index contributed by atoms with van der Waals surface area (Å²) in [5.41, 5.74) is 1.83. The molecule has 0 atom stereocenters. The molecule has 1 aromatic heterocycles. The molecule has 1 amide bonds. The van der Waals surface area contributed by atoms with Gasteiger partial charge in [-0.25, -0.2) is 22.0 Å². The number of nitrogens with zero attached hydrogens (tertiary/aromatic N) is 1. The average molecular weight is 515 g/mol. The molecule has 0 radical (unpaired) electrons. The molecule has 0 unspecified atom stereocenters. The monoisotopic (exact) mass is 514 g/mol. The van der Waals surface area contributed by atoms with Crippen molar-refractivity contribution in [1.82, 2.24) is 9.29 Å². The number of esters is 1. The molecule has 1 heterocycles. The van der Waals surface area contributed by atoms with E-state index in [1.807, 2.05) is 30.3 Å². The van der Waals surface area contributed by atoms with Crippen LogP contribution >= 0.6 is 0 Å². The van der Waals surface area contributed by atoms with Crippen molar-refractivity contribution in [1.29, 1.82) is 0 Å². The zero-order valence-corrected chi connectivity index (χ0v) is 22.1. The van der Waals surface area contributed by atoms with Gasteiger partial charge in [0, 0.05) is 19.7 Å². The maximum absolute atomic E-state index is 12.9. The van der Waals surface area contributed by atoms with Gasteiger partial charge in [0.2, 0.25) is 10.0 Å². The van der Waals surface area contributed by atoms with E-state index in [4.69, 9.17) is 9.47 Å². The van der Waals surface area contributed by atoms with Crippen molar-refractivity contribution in [3.63, 3.8) is 0 Å². The zero-order valence-electron chi connectivity index (χ0n) is 20.3. The van der Waals surface area contributed by atoms with Crippen LogP contribution in [0, 0.1) is 0 Å². The molecule has 0 saturated heterocycles. The number of nitrogens with one attached hydrogen (secondary N) is 1. The first-order valence-electron chi connectivity index (χ1n) is 11.1. The molecule has 186 valence electrons. The predicted molar refractivity (Wildman–Crippen MR) is 139 cm³/mol. The summed E-state index contributed by atoms with van der Waals surface area (Å²) in [6, 6.07) is 16.6. The summed E-state index contributed by atoms with van der Waals surface area (Å²) >= 11 is 0. The molecule has 3 rings (SSSR count). The van der Waals surface area contributed by atoms with Crippen LogP contribution in [0.3, 0.4) is 0 Å². The Morgan fingerprint density at radius 1 is 1.06 bits per heavy atom. The summed E-state index contributed by atoms with van der Waals surface area (Å²) < 4.78 is 37.0. The van der Waals surface area contributed by atoms with E-state index in [9.17, 15) is 18.0 Å². The maximum atomic E-state index is 12.9. The molecule has 10 heteroatoms. The van der Waals surface area contributed by atoms with Crippen LogP contribution in [0.25, 0.3) is 17.0 Å². The van der Waals surface area contributed by atoms with E-state index in [1.165, 1.54) is 23.4 Å². The SMILES string of the molecule is COC(=O)/C(=C/c1ccc2c(ccn2S(=O)(=O)CC[Si](C)(C)C)c1)NC(=O)OCc1ccccc1. The number of hydrogen-bond acceptors (Lipinski definition) is 6. The van der Waals surface area contributed by atoms with Gasteiger partial charge in [0.15, 0.2) is 0 Å². The molecule has 35 heavy (non-hydrogen) atoms. The van der Waals surface area contributed by atoms with Crippen LogP contribution in [0.2, 0.25) is 25.7 Å². The van der Waals surface area contributed by atoms with Gasteiger partial charge in [0.05, 0.1) is 18.4 Å². The van der Waals surface area contributed by atoms with Crippen molar-refractivity contribution in [3.05, 3.63) is 77.6 Å². The van der Waals surface area contributed by atoms with Gasteiger partial charge in [-0.2, -0.15) is 0 Å². The third-order valence-electron chi connectivity index (χ3n) is 5.25. The predicted octanol–water partition coefficient (Wildman–Crippen LogP) is 4.60. The second-order valence-electron chi connectivity index (χ2n) is 9.29. The molecule has 0 saturated carbocycles. The molecule has 2 aromatic carbocycles. The van der Waals surface area contributed by atoms with Crippen LogP contribution < -0.4 is 5.32 Å². The Bertz CT molecular complexity index is 1340. The number of methoxy groups -OCH3 is 1. The Balaban J connectivity index is 1.80. The Labute approximate surface area is 206 Å². The van der Waals surface area contributed by atoms with Gasteiger partial charge in [0.25, 0.3) is 0 Å². The van der Waals surface area contributed by atoms with E-state index < -0.39 is 30.2 Å². The van der Waals surface area contributed by atoms with Gasteiger partial charge in [-0.05, 0) is 41.4 Å². The fourth-order valence-electron chi connectivity index (χ4n) is 3.29. The first kappa shape index (κ1) is 26.2. The highest BCUT2D eigenvalue weighted by atomic mass is 32.2. The number of alkyl carbamates (subject to hydrolysis) is 1. The first-order valence-corrected chi connectivity index (χ1v) is 16.4. The molecule has 0 fully saturated rings.